The smallest absolute Gasteiger partial charge is 0.317 e. The Bertz CT molecular complexity index is 817. The fourth-order valence-corrected chi connectivity index (χ4v) is 4.37. The van der Waals surface area contributed by atoms with Crippen molar-refractivity contribution < 1.29 is 19.5 Å². The lowest BCUT2D eigenvalue weighted by Crippen LogP contribution is -2.63. The number of nitrogens with zero attached hydrogens (tertiary/aromatic N) is 1. The average Bonchev–Trinajstić information content (AvgIpc) is 2.72. The predicted molar refractivity (Wildman–Crippen MR) is 118 cm³/mol. The lowest BCUT2D eigenvalue weighted by atomic mass is 9.82. The van der Waals surface area contributed by atoms with E-state index in [0.717, 1.165) is 43.2 Å². The summed E-state index contributed by atoms with van der Waals surface area (Å²) in [7, 11) is 0. The van der Waals surface area contributed by atoms with Gasteiger partial charge in [-0.05, 0) is 36.3 Å². The third kappa shape index (κ3) is 5.85. The van der Waals surface area contributed by atoms with Crippen molar-refractivity contribution in [2.24, 2.45) is 11.7 Å². The number of carboxylic acid groups (broad SMARTS) is 1. The number of nitrogens with two attached hydrogens (primary N) is 1. The lowest BCUT2D eigenvalue weighted by Gasteiger charge is -2.43. The molecule has 0 unspecified atom stereocenters. The van der Waals surface area contributed by atoms with Gasteiger partial charge in [-0.2, -0.15) is 0 Å². The van der Waals surface area contributed by atoms with Crippen LogP contribution in [0.25, 0.3) is 5.70 Å². The first kappa shape index (κ1) is 22.8. The van der Waals surface area contributed by atoms with Crippen LogP contribution in [0.3, 0.4) is 0 Å². The fraction of sp³-hybridized carbons (Fsp3) is 0.522. The standard InChI is InChI=1S/C23H32N4O4/c1-15(24)17-9-7-16(8-10-17)13-26-22(30)19-11-12-27(19)23(31)21(25-14-20(28)29)18-5-3-2-4-6-18/h7-10,18-19,21,25H,1-6,11-14,24H2,(H,26,30)(H,28,29)/t19-,21+/m0/s1. The number of amides is 2. The highest BCUT2D eigenvalue weighted by Gasteiger charge is 2.42. The number of hydrogen-bond acceptors (Lipinski definition) is 5. The van der Waals surface area contributed by atoms with E-state index in [0.29, 0.717) is 25.2 Å². The van der Waals surface area contributed by atoms with Crippen molar-refractivity contribution in [2.75, 3.05) is 13.1 Å². The Kier molecular flexibility index (Phi) is 7.68. The molecule has 0 spiro atoms. The maximum absolute atomic E-state index is 13.2. The summed E-state index contributed by atoms with van der Waals surface area (Å²) >= 11 is 0. The first-order valence-corrected chi connectivity index (χ1v) is 10.9. The summed E-state index contributed by atoms with van der Waals surface area (Å²) in [6, 6.07) is 6.41. The molecule has 8 heteroatoms. The van der Waals surface area contributed by atoms with Crippen LogP contribution in [-0.4, -0.2) is 53.0 Å². The maximum atomic E-state index is 13.2. The third-order valence-corrected chi connectivity index (χ3v) is 6.26. The molecule has 1 heterocycles. The number of benzene rings is 1. The van der Waals surface area contributed by atoms with Gasteiger partial charge in [-0.3, -0.25) is 19.7 Å². The number of likely N-dealkylation sites (tertiary alicyclic amines) is 1. The van der Waals surface area contributed by atoms with Gasteiger partial charge in [0.1, 0.15) is 6.04 Å². The lowest BCUT2D eigenvalue weighted by molar-refractivity contribution is -0.150. The van der Waals surface area contributed by atoms with Crippen LogP contribution in [-0.2, 0) is 20.9 Å². The number of aliphatic carboxylic acids is 1. The largest absolute Gasteiger partial charge is 0.480 e. The topological polar surface area (TPSA) is 125 Å². The van der Waals surface area contributed by atoms with Crippen molar-refractivity contribution >= 4 is 23.5 Å². The van der Waals surface area contributed by atoms with E-state index in [1.165, 1.54) is 0 Å². The maximum Gasteiger partial charge on any atom is 0.317 e. The van der Waals surface area contributed by atoms with Gasteiger partial charge >= 0.3 is 5.97 Å². The molecule has 1 aromatic rings. The van der Waals surface area contributed by atoms with Gasteiger partial charge in [0.05, 0.1) is 12.6 Å². The van der Waals surface area contributed by atoms with E-state index in [2.05, 4.69) is 17.2 Å². The van der Waals surface area contributed by atoms with Gasteiger partial charge in [0.25, 0.3) is 0 Å². The summed E-state index contributed by atoms with van der Waals surface area (Å²) in [5.74, 6) is -1.23. The zero-order valence-corrected chi connectivity index (χ0v) is 17.8. The zero-order valence-electron chi connectivity index (χ0n) is 17.8. The van der Waals surface area contributed by atoms with Crippen LogP contribution in [0.5, 0.6) is 0 Å². The highest BCUT2D eigenvalue weighted by molar-refractivity contribution is 5.91. The molecule has 168 valence electrons. The van der Waals surface area contributed by atoms with Crippen molar-refractivity contribution in [1.82, 2.24) is 15.5 Å². The third-order valence-electron chi connectivity index (χ3n) is 6.26. The highest BCUT2D eigenvalue weighted by Crippen LogP contribution is 2.29. The van der Waals surface area contributed by atoms with Crippen molar-refractivity contribution in [1.29, 1.82) is 0 Å². The molecule has 1 aromatic carbocycles. The van der Waals surface area contributed by atoms with Crippen molar-refractivity contribution in [3.63, 3.8) is 0 Å². The molecule has 8 nitrogen and oxygen atoms in total. The Labute approximate surface area is 182 Å². The quantitative estimate of drug-likeness (QED) is 0.472. The number of carboxylic acids is 1. The molecule has 2 atom stereocenters. The van der Waals surface area contributed by atoms with E-state index in [1.54, 1.807) is 4.90 Å². The van der Waals surface area contributed by atoms with Gasteiger partial charge in [-0.1, -0.05) is 50.1 Å². The van der Waals surface area contributed by atoms with Crippen LogP contribution < -0.4 is 16.4 Å². The van der Waals surface area contributed by atoms with Gasteiger partial charge < -0.3 is 21.1 Å². The van der Waals surface area contributed by atoms with Crippen LogP contribution in [0.15, 0.2) is 30.8 Å². The van der Waals surface area contributed by atoms with Crippen LogP contribution in [0, 0.1) is 5.92 Å². The monoisotopic (exact) mass is 428 g/mol. The van der Waals surface area contributed by atoms with Crippen LogP contribution in [0.1, 0.15) is 49.7 Å². The Balaban J connectivity index is 1.58. The average molecular weight is 429 g/mol. The molecule has 0 aromatic heterocycles. The Morgan fingerprint density at radius 2 is 1.81 bits per heavy atom. The minimum absolute atomic E-state index is 0.112. The predicted octanol–water partition coefficient (Wildman–Crippen LogP) is 1.46. The van der Waals surface area contributed by atoms with Gasteiger partial charge in [0.2, 0.25) is 11.8 Å². The van der Waals surface area contributed by atoms with E-state index in [9.17, 15) is 14.4 Å². The highest BCUT2D eigenvalue weighted by atomic mass is 16.4. The zero-order chi connectivity index (χ0) is 22.4. The van der Waals surface area contributed by atoms with E-state index in [-0.39, 0.29) is 24.3 Å². The molecule has 5 N–H and O–H groups in total. The van der Waals surface area contributed by atoms with Crippen molar-refractivity contribution in [3.05, 3.63) is 42.0 Å². The molecule has 0 radical (unpaired) electrons. The number of carbonyl (C=O) groups is 3. The van der Waals surface area contributed by atoms with Crippen LogP contribution in [0.4, 0.5) is 0 Å². The summed E-state index contributed by atoms with van der Waals surface area (Å²) in [4.78, 5) is 38.5. The summed E-state index contributed by atoms with van der Waals surface area (Å²) in [6.45, 7) is 4.31. The molecule has 2 aliphatic rings. The SMILES string of the molecule is C=C(N)c1ccc(CNC(=O)[C@@H]2CCN2C(=O)[C@H](NCC(=O)O)C2CCCCC2)cc1. The van der Waals surface area contributed by atoms with Crippen molar-refractivity contribution in [3.8, 4) is 0 Å². The second kappa shape index (κ2) is 10.4. The second-order valence-corrected chi connectivity index (χ2v) is 8.43. The molecule has 1 saturated carbocycles. The summed E-state index contributed by atoms with van der Waals surface area (Å²) < 4.78 is 0. The number of rotatable bonds is 9. The Morgan fingerprint density at radius 3 is 2.35 bits per heavy atom. The molecular weight excluding hydrogens is 396 g/mol. The molecule has 0 bridgehead atoms. The van der Waals surface area contributed by atoms with Gasteiger partial charge in [-0.25, -0.2) is 0 Å². The molecule has 1 saturated heterocycles. The number of carbonyl (C=O) groups excluding carboxylic acids is 2. The van der Waals surface area contributed by atoms with E-state index in [1.807, 2.05) is 24.3 Å². The molecule has 1 aliphatic heterocycles. The fourth-order valence-electron chi connectivity index (χ4n) is 4.37. The van der Waals surface area contributed by atoms with Gasteiger partial charge in [-0.15, -0.1) is 0 Å². The molecule has 2 fully saturated rings. The molecular formula is C23H32N4O4. The van der Waals surface area contributed by atoms with E-state index in [4.69, 9.17) is 10.8 Å². The summed E-state index contributed by atoms with van der Waals surface area (Å²) in [5, 5.41) is 14.9. The minimum Gasteiger partial charge on any atom is -0.480 e. The minimum atomic E-state index is -0.990. The number of nitrogens with one attached hydrogen (secondary N) is 2. The molecule has 3 rings (SSSR count). The van der Waals surface area contributed by atoms with Crippen LogP contribution in [0.2, 0.25) is 0 Å². The van der Waals surface area contributed by atoms with E-state index < -0.39 is 18.1 Å². The van der Waals surface area contributed by atoms with Gasteiger partial charge in [0.15, 0.2) is 0 Å². The Morgan fingerprint density at radius 1 is 1.13 bits per heavy atom. The molecule has 31 heavy (non-hydrogen) atoms. The van der Waals surface area contributed by atoms with Crippen molar-refractivity contribution in [2.45, 2.75) is 57.2 Å². The van der Waals surface area contributed by atoms with Crippen LogP contribution >= 0.6 is 0 Å². The molecule has 1 aliphatic carbocycles. The molecule has 2 amide bonds. The normalized spacial score (nSPS) is 19.9. The second-order valence-electron chi connectivity index (χ2n) is 8.43. The first-order chi connectivity index (χ1) is 14.9. The first-order valence-electron chi connectivity index (χ1n) is 10.9. The Hall–Kier alpha value is -2.87. The summed E-state index contributed by atoms with van der Waals surface area (Å²) in [5.41, 5.74) is 7.93. The summed E-state index contributed by atoms with van der Waals surface area (Å²) in [6.07, 6.45) is 5.65. The van der Waals surface area contributed by atoms with Gasteiger partial charge in [0, 0.05) is 18.8 Å². The van der Waals surface area contributed by atoms with E-state index >= 15 is 0 Å². The number of hydrogen-bond donors (Lipinski definition) is 4.